The predicted molar refractivity (Wildman–Crippen MR) is 106 cm³/mol. The zero-order valence-electron chi connectivity index (χ0n) is 16.2. The third-order valence-corrected chi connectivity index (χ3v) is 3.70. The quantitative estimate of drug-likeness (QED) is 0.343. The second-order valence-electron chi connectivity index (χ2n) is 5.71. The maximum atomic E-state index is 5.44. The number of hydrogen-bond donors (Lipinski definition) is 2. The molecule has 0 amide bonds. The number of likely N-dealkylation sites (N-methyl/N-ethyl adjacent to an activating group) is 1. The smallest absolute Gasteiger partial charge is 0.191 e. The van der Waals surface area contributed by atoms with Gasteiger partial charge in [-0.1, -0.05) is 12.1 Å². The topological polar surface area (TPSA) is 58.1 Å². The van der Waals surface area contributed by atoms with E-state index in [1.807, 2.05) is 0 Å². The van der Waals surface area contributed by atoms with Crippen LogP contribution in [0, 0.1) is 6.92 Å². The van der Waals surface area contributed by atoms with Gasteiger partial charge in [-0.05, 0) is 38.5 Å². The molecule has 0 aliphatic rings. The zero-order chi connectivity index (χ0) is 18.3. The van der Waals surface area contributed by atoms with Gasteiger partial charge in [0.2, 0.25) is 0 Å². The normalized spacial score (nSPS) is 11.4. The molecule has 0 saturated heterocycles. The van der Waals surface area contributed by atoms with Crippen LogP contribution in [0.5, 0.6) is 0 Å². The standard InChI is InChI=1S/C19H34N4O2/c1-5-20-19(22-11-13-25-15-14-24-4)21-10-12-23(6-2)18-9-7-8-17(3)16-18/h7-9,16H,5-6,10-15H2,1-4H3,(H2,20,21,22). The lowest BCUT2D eigenvalue weighted by molar-refractivity contribution is 0.0748. The Kier molecular flexibility index (Phi) is 11.5. The van der Waals surface area contributed by atoms with Crippen molar-refractivity contribution >= 4 is 11.6 Å². The van der Waals surface area contributed by atoms with Crippen LogP contribution in [0.4, 0.5) is 5.69 Å². The maximum absolute atomic E-state index is 5.44. The Bertz CT molecular complexity index is 494. The number of rotatable bonds is 12. The van der Waals surface area contributed by atoms with E-state index < -0.39 is 0 Å². The van der Waals surface area contributed by atoms with Gasteiger partial charge in [-0.2, -0.15) is 0 Å². The molecule has 0 aliphatic carbocycles. The molecule has 25 heavy (non-hydrogen) atoms. The molecule has 0 fully saturated rings. The first-order valence-corrected chi connectivity index (χ1v) is 9.11. The summed E-state index contributed by atoms with van der Waals surface area (Å²) in [7, 11) is 1.67. The summed E-state index contributed by atoms with van der Waals surface area (Å²) in [5, 5.41) is 6.65. The summed E-state index contributed by atoms with van der Waals surface area (Å²) in [6.07, 6.45) is 0. The van der Waals surface area contributed by atoms with Crippen molar-refractivity contribution in [1.82, 2.24) is 10.6 Å². The summed E-state index contributed by atoms with van der Waals surface area (Å²) in [4.78, 5) is 6.89. The molecule has 0 bridgehead atoms. The number of guanidine groups is 1. The zero-order valence-corrected chi connectivity index (χ0v) is 16.2. The molecule has 6 nitrogen and oxygen atoms in total. The van der Waals surface area contributed by atoms with Crippen LogP contribution in [0.25, 0.3) is 0 Å². The Morgan fingerprint density at radius 3 is 2.68 bits per heavy atom. The van der Waals surface area contributed by atoms with E-state index in [4.69, 9.17) is 9.47 Å². The fourth-order valence-electron chi connectivity index (χ4n) is 2.41. The van der Waals surface area contributed by atoms with Gasteiger partial charge < -0.3 is 25.0 Å². The van der Waals surface area contributed by atoms with Crippen molar-refractivity contribution in [3.63, 3.8) is 0 Å². The minimum atomic E-state index is 0.601. The van der Waals surface area contributed by atoms with Gasteiger partial charge in [0.05, 0.1) is 26.4 Å². The van der Waals surface area contributed by atoms with Crippen molar-refractivity contribution in [2.24, 2.45) is 4.99 Å². The molecule has 0 spiro atoms. The van der Waals surface area contributed by atoms with Crippen LogP contribution in [0.15, 0.2) is 29.3 Å². The van der Waals surface area contributed by atoms with E-state index in [9.17, 15) is 0 Å². The monoisotopic (exact) mass is 350 g/mol. The van der Waals surface area contributed by atoms with Crippen molar-refractivity contribution in [2.45, 2.75) is 20.8 Å². The third kappa shape index (κ3) is 9.31. The number of benzene rings is 1. The Morgan fingerprint density at radius 1 is 1.16 bits per heavy atom. The molecule has 0 radical (unpaired) electrons. The molecule has 0 unspecified atom stereocenters. The van der Waals surface area contributed by atoms with E-state index in [0.717, 1.165) is 32.1 Å². The first-order chi connectivity index (χ1) is 12.2. The highest BCUT2D eigenvalue weighted by Crippen LogP contribution is 2.14. The van der Waals surface area contributed by atoms with Gasteiger partial charge in [-0.15, -0.1) is 0 Å². The van der Waals surface area contributed by atoms with Crippen LogP contribution >= 0.6 is 0 Å². The SMILES string of the molecule is CCNC(=NCCOCCOC)NCCN(CC)c1cccc(C)c1. The van der Waals surface area contributed by atoms with Crippen molar-refractivity contribution in [1.29, 1.82) is 0 Å². The van der Waals surface area contributed by atoms with Gasteiger partial charge in [0, 0.05) is 39.0 Å². The highest BCUT2D eigenvalue weighted by molar-refractivity contribution is 5.79. The Morgan fingerprint density at radius 2 is 2.00 bits per heavy atom. The lowest BCUT2D eigenvalue weighted by Crippen LogP contribution is -2.42. The van der Waals surface area contributed by atoms with E-state index in [1.165, 1.54) is 11.3 Å². The highest BCUT2D eigenvalue weighted by atomic mass is 16.5. The Labute approximate surface area is 152 Å². The molecule has 1 aromatic carbocycles. The minimum absolute atomic E-state index is 0.601. The molecule has 142 valence electrons. The van der Waals surface area contributed by atoms with Crippen LogP contribution in [0.3, 0.4) is 0 Å². The van der Waals surface area contributed by atoms with Crippen LogP contribution in [-0.4, -0.2) is 65.6 Å². The lowest BCUT2D eigenvalue weighted by atomic mass is 10.2. The summed E-state index contributed by atoms with van der Waals surface area (Å²) in [5.74, 6) is 0.832. The second-order valence-corrected chi connectivity index (χ2v) is 5.71. The van der Waals surface area contributed by atoms with E-state index in [0.29, 0.717) is 26.4 Å². The molecule has 2 N–H and O–H groups in total. The summed E-state index contributed by atoms with van der Waals surface area (Å²) < 4.78 is 10.4. The molecule has 0 atom stereocenters. The van der Waals surface area contributed by atoms with Crippen molar-refractivity contribution < 1.29 is 9.47 Å². The van der Waals surface area contributed by atoms with Gasteiger partial charge in [-0.3, -0.25) is 4.99 Å². The van der Waals surface area contributed by atoms with Crippen LogP contribution < -0.4 is 15.5 Å². The fraction of sp³-hybridized carbons (Fsp3) is 0.632. The number of nitrogens with one attached hydrogen (secondary N) is 2. The molecule has 0 aliphatic heterocycles. The van der Waals surface area contributed by atoms with Crippen LogP contribution in [0.2, 0.25) is 0 Å². The highest BCUT2D eigenvalue weighted by Gasteiger charge is 2.05. The maximum Gasteiger partial charge on any atom is 0.191 e. The van der Waals surface area contributed by atoms with Crippen molar-refractivity contribution in [3.8, 4) is 0 Å². The lowest BCUT2D eigenvalue weighted by Gasteiger charge is -2.24. The summed E-state index contributed by atoms with van der Waals surface area (Å²) in [6.45, 7) is 12.4. The fourth-order valence-corrected chi connectivity index (χ4v) is 2.41. The van der Waals surface area contributed by atoms with E-state index in [-0.39, 0.29) is 0 Å². The van der Waals surface area contributed by atoms with Gasteiger partial charge in [0.15, 0.2) is 5.96 Å². The van der Waals surface area contributed by atoms with Crippen molar-refractivity contribution in [2.75, 3.05) is 64.6 Å². The molecular weight excluding hydrogens is 316 g/mol. The van der Waals surface area contributed by atoms with Crippen LogP contribution in [0.1, 0.15) is 19.4 Å². The summed E-state index contributed by atoms with van der Waals surface area (Å²) in [5.41, 5.74) is 2.55. The second kappa shape index (κ2) is 13.5. The van der Waals surface area contributed by atoms with Gasteiger partial charge >= 0.3 is 0 Å². The molecular formula is C19H34N4O2. The van der Waals surface area contributed by atoms with Crippen LogP contribution in [-0.2, 0) is 9.47 Å². The molecule has 6 heteroatoms. The average Bonchev–Trinajstić information content (AvgIpc) is 2.61. The largest absolute Gasteiger partial charge is 0.382 e. The van der Waals surface area contributed by atoms with Gasteiger partial charge in [0.25, 0.3) is 0 Å². The van der Waals surface area contributed by atoms with Crippen molar-refractivity contribution in [3.05, 3.63) is 29.8 Å². The summed E-state index contributed by atoms with van der Waals surface area (Å²) >= 11 is 0. The third-order valence-electron chi connectivity index (χ3n) is 3.70. The Balaban J connectivity index is 2.39. The molecule has 1 aromatic rings. The first kappa shape index (κ1) is 21.3. The average molecular weight is 351 g/mol. The number of ether oxygens (including phenoxy) is 2. The van der Waals surface area contributed by atoms with E-state index in [2.05, 4.69) is 65.6 Å². The molecule has 0 heterocycles. The predicted octanol–water partition coefficient (Wildman–Crippen LogP) is 2.04. The molecule has 1 rings (SSSR count). The first-order valence-electron chi connectivity index (χ1n) is 9.11. The Hall–Kier alpha value is -1.79. The minimum Gasteiger partial charge on any atom is -0.382 e. The summed E-state index contributed by atoms with van der Waals surface area (Å²) in [6, 6.07) is 8.61. The van der Waals surface area contributed by atoms with Gasteiger partial charge in [-0.25, -0.2) is 0 Å². The molecule has 0 aromatic heterocycles. The van der Waals surface area contributed by atoms with E-state index >= 15 is 0 Å². The number of methoxy groups -OCH3 is 1. The number of aliphatic imine (C=N–C) groups is 1. The number of anilines is 1. The number of hydrogen-bond acceptors (Lipinski definition) is 4. The number of aryl methyl sites for hydroxylation is 1. The van der Waals surface area contributed by atoms with Gasteiger partial charge in [0.1, 0.15) is 0 Å². The molecule has 0 saturated carbocycles. The number of nitrogens with zero attached hydrogens (tertiary/aromatic N) is 2. The van der Waals surface area contributed by atoms with E-state index in [1.54, 1.807) is 7.11 Å².